The van der Waals surface area contributed by atoms with Crippen LogP contribution in [0.3, 0.4) is 0 Å². The lowest BCUT2D eigenvalue weighted by atomic mass is 10.1. The van der Waals surface area contributed by atoms with Gasteiger partial charge in [0.05, 0.1) is 11.9 Å². The fourth-order valence-corrected chi connectivity index (χ4v) is 3.71. The van der Waals surface area contributed by atoms with Crippen molar-refractivity contribution in [1.82, 2.24) is 29.6 Å². The molecule has 1 aliphatic rings. The molecule has 32 heavy (non-hydrogen) atoms. The lowest BCUT2D eigenvalue weighted by Gasteiger charge is -2.43. The Kier molecular flexibility index (Phi) is 5.02. The molecule has 0 bridgehead atoms. The molecule has 1 aliphatic heterocycles. The summed E-state index contributed by atoms with van der Waals surface area (Å²) < 4.78 is 1.74. The second-order valence-electron chi connectivity index (χ2n) is 8.27. The quantitative estimate of drug-likeness (QED) is 0.522. The molecule has 9 heteroatoms. The number of hydrogen-bond acceptors (Lipinski definition) is 7. The molecule has 4 aromatic rings. The monoisotopic (exact) mass is 428 g/mol. The fourth-order valence-electron chi connectivity index (χ4n) is 3.71. The van der Waals surface area contributed by atoms with Gasteiger partial charge >= 0.3 is 0 Å². The smallest absolute Gasteiger partial charge is 0.257 e. The van der Waals surface area contributed by atoms with Crippen LogP contribution in [0.25, 0.3) is 22.0 Å². The molecule has 5 rings (SSSR count). The Morgan fingerprint density at radius 2 is 1.88 bits per heavy atom. The first-order valence-corrected chi connectivity index (χ1v) is 10.4. The summed E-state index contributed by atoms with van der Waals surface area (Å²) in [4.78, 5) is 30.5. The molecule has 1 fully saturated rings. The van der Waals surface area contributed by atoms with Gasteiger partial charge in [0.15, 0.2) is 0 Å². The van der Waals surface area contributed by atoms with Crippen molar-refractivity contribution < 1.29 is 4.79 Å². The van der Waals surface area contributed by atoms with Crippen molar-refractivity contribution >= 4 is 28.3 Å². The number of carbonyl (C=O) groups is 1. The maximum atomic E-state index is 12.9. The summed E-state index contributed by atoms with van der Waals surface area (Å²) in [5.41, 5.74) is 2.30. The molecule has 1 saturated heterocycles. The number of aromatic nitrogens is 5. The van der Waals surface area contributed by atoms with Crippen LogP contribution in [0.15, 0.2) is 55.2 Å². The predicted octanol–water partition coefficient (Wildman–Crippen LogP) is 2.43. The van der Waals surface area contributed by atoms with Gasteiger partial charge in [-0.1, -0.05) is 0 Å². The third-order valence-electron chi connectivity index (χ3n) is 5.77. The van der Waals surface area contributed by atoms with Gasteiger partial charge in [0.2, 0.25) is 0 Å². The number of rotatable bonds is 5. The maximum Gasteiger partial charge on any atom is 0.257 e. The van der Waals surface area contributed by atoms with Gasteiger partial charge in [-0.25, -0.2) is 9.97 Å². The molecule has 0 unspecified atom stereocenters. The second-order valence-corrected chi connectivity index (χ2v) is 8.27. The number of hydrogen-bond donors (Lipinski definition) is 1. The lowest BCUT2D eigenvalue weighted by molar-refractivity contribution is 0.102. The number of nitrogens with one attached hydrogen (secondary N) is 1. The zero-order valence-electron chi connectivity index (χ0n) is 18.2. The minimum Gasteiger partial charge on any atom is -0.353 e. The summed E-state index contributed by atoms with van der Waals surface area (Å²) in [6, 6.07) is 7.88. The van der Waals surface area contributed by atoms with Crippen LogP contribution in [0.5, 0.6) is 0 Å². The molecule has 162 valence electrons. The van der Waals surface area contributed by atoms with Crippen LogP contribution in [0.4, 0.5) is 11.6 Å². The average molecular weight is 429 g/mol. The van der Waals surface area contributed by atoms with Gasteiger partial charge in [-0.15, -0.1) is 0 Å². The number of amides is 1. The van der Waals surface area contributed by atoms with E-state index in [-0.39, 0.29) is 5.91 Å². The second kappa shape index (κ2) is 8.01. The van der Waals surface area contributed by atoms with E-state index in [4.69, 9.17) is 0 Å². The van der Waals surface area contributed by atoms with E-state index in [2.05, 4.69) is 49.3 Å². The van der Waals surface area contributed by atoms with E-state index in [1.165, 1.54) is 0 Å². The molecular weight excluding hydrogens is 404 g/mol. The van der Waals surface area contributed by atoms with E-state index in [0.29, 0.717) is 17.4 Å². The minimum atomic E-state index is -0.216. The van der Waals surface area contributed by atoms with Crippen LogP contribution < -0.4 is 10.2 Å². The number of anilines is 2. The molecule has 4 aromatic heterocycles. The third kappa shape index (κ3) is 3.90. The molecule has 9 nitrogen and oxygen atoms in total. The predicted molar refractivity (Wildman–Crippen MR) is 124 cm³/mol. The number of nitrogens with zero attached hydrogens (tertiary/aromatic N) is 7. The summed E-state index contributed by atoms with van der Waals surface area (Å²) in [6.45, 7) is 1.81. The number of aryl methyl sites for hydroxylation is 1. The standard InChI is InChI=1S/C23H24N8O/c1-29(2)19-13-31(14-19)22-8-15(4-5-24-22)23(32)28-21-7-16-6-20(18-11-27-30(3)12-18)25-9-17(16)10-26-21/h4-12,19H,13-14H2,1-3H3,(H,26,28,32). The largest absolute Gasteiger partial charge is 0.353 e. The lowest BCUT2D eigenvalue weighted by Crippen LogP contribution is -2.57. The average Bonchev–Trinajstić information content (AvgIpc) is 3.18. The van der Waals surface area contributed by atoms with Crippen molar-refractivity contribution in [3.05, 3.63) is 60.8 Å². The summed E-state index contributed by atoms with van der Waals surface area (Å²) in [6.07, 6.45) is 8.85. The van der Waals surface area contributed by atoms with Crippen molar-refractivity contribution in [2.45, 2.75) is 6.04 Å². The third-order valence-corrected chi connectivity index (χ3v) is 5.77. The van der Waals surface area contributed by atoms with Crippen molar-refractivity contribution in [3.8, 4) is 11.3 Å². The first-order valence-electron chi connectivity index (χ1n) is 10.4. The van der Waals surface area contributed by atoms with E-state index in [1.807, 2.05) is 31.4 Å². The van der Waals surface area contributed by atoms with Gasteiger partial charge in [0.1, 0.15) is 11.6 Å². The molecule has 0 spiro atoms. The molecule has 1 amide bonds. The molecule has 0 aromatic carbocycles. The Morgan fingerprint density at radius 1 is 1.06 bits per heavy atom. The highest BCUT2D eigenvalue weighted by molar-refractivity contribution is 6.05. The number of pyridine rings is 3. The van der Waals surface area contributed by atoms with Crippen LogP contribution in [0.2, 0.25) is 0 Å². The van der Waals surface area contributed by atoms with Gasteiger partial charge in [-0.05, 0) is 43.7 Å². The van der Waals surface area contributed by atoms with Crippen LogP contribution in [-0.2, 0) is 7.05 Å². The van der Waals surface area contributed by atoms with E-state index >= 15 is 0 Å². The van der Waals surface area contributed by atoms with Gasteiger partial charge in [-0.3, -0.25) is 14.5 Å². The molecule has 0 saturated carbocycles. The molecule has 0 radical (unpaired) electrons. The topological polar surface area (TPSA) is 92.1 Å². The van der Waals surface area contributed by atoms with Crippen molar-refractivity contribution in [3.63, 3.8) is 0 Å². The molecule has 0 atom stereocenters. The van der Waals surface area contributed by atoms with Gasteiger partial charge in [0, 0.05) is 67.5 Å². The van der Waals surface area contributed by atoms with E-state index in [0.717, 1.165) is 40.9 Å². The van der Waals surface area contributed by atoms with Crippen LogP contribution in [0, 0.1) is 0 Å². The highest BCUT2D eigenvalue weighted by Crippen LogP contribution is 2.24. The molecule has 1 N–H and O–H groups in total. The van der Waals surface area contributed by atoms with Gasteiger partial charge in [0.25, 0.3) is 5.91 Å². The van der Waals surface area contributed by atoms with Crippen molar-refractivity contribution in [2.24, 2.45) is 7.05 Å². The van der Waals surface area contributed by atoms with Crippen LogP contribution >= 0.6 is 0 Å². The highest BCUT2D eigenvalue weighted by Gasteiger charge is 2.29. The number of carbonyl (C=O) groups excluding carboxylic acids is 1. The zero-order chi connectivity index (χ0) is 22.2. The Bertz CT molecular complexity index is 1290. The van der Waals surface area contributed by atoms with Crippen molar-refractivity contribution in [2.75, 3.05) is 37.4 Å². The van der Waals surface area contributed by atoms with Crippen LogP contribution in [0.1, 0.15) is 10.4 Å². The Hall–Kier alpha value is -3.85. The minimum absolute atomic E-state index is 0.216. The van der Waals surface area contributed by atoms with Gasteiger partial charge in [-0.2, -0.15) is 5.10 Å². The molecule has 0 aliphatic carbocycles. The van der Waals surface area contributed by atoms with E-state index in [9.17, 15) is 4.79 Å². The summed E-state index contributed by atoms with van der Waals surface area (Å²) in [5, 5.41) is 8.94. The Morgan fingerprint density at radius 3 is 2.62 bits per heavy atom. The zero-order valence-corrected chi connectivity index (χ0v) is 18.2. The first kappa shape index (κ1) is 20.1. The Balaban J connectivity index is 1.34. The summed E-state index contributed by atoms with van der Waals surface area (Å²) >= 11 is 0. The van der Waals surface area contributed by atoms with E-state index in [1.54, 1.807) is 35.5 Å². The summed E-state index contributed by atoms with van der Waals surface area (Å²) in [7, 11) is 6.02. The molecule has 5 heterocycles. The fraction of sp³-hybridized carbons (Fsp3) is 0.261. The Labute approximate surface area is 185 Å². The van der Waals surface area contributed by atoms with Gasteiger partial charge < -0.3 is 15.1 Å². The van der Waals surface area contributed by atoms with E-state index < -0.39 is 0 Å². The summed E-state index contributed by atoms with van der Waals surface area (Å²) in [5.74, 6) is 1.09. The normalized spacial score (nSPS) is 14.1. The number of fused-ring (bicyclic) bond motifs is 1. The highest BCUT2D eigenvalue weighted by atomic mass is 16.1. The molecular formula is C23H24N8O. The maximum absolute atomic E-state index is 12.9. The SMILES string of the molecule is CN(C)C1CN(c2cc(C(=O)Nc3cc4cc(-c5cnn(C)c5)ncc4cn3)ccn2)C1. The number of likely N-dealkylation sites (N-methyl/N-ethyl adjacent to an activating group) is 1. The van der Waals surface area contributed by atoms with Crippen molar-refractivity contribution in [1.29, 1.82) is 0 Å². The first-order chi connectivity index (χ1) is 15.5. The van der Waals surface area contributed by atoms with Crippen LogP contribution in [-0.4, -0.2) is 68.8 Å².